The molecule has 0 bridgehead atoms. The van der Waals surface area contributed by atoms with Crippen LogP contribution in [0.1, 0.15) is 26.2 Å². The number of rotatable bonds is 3. The van der Waals surface area contributed by atoms with Crippen LogP contribution in [0.2, 0.25) is 0 Å². The first-order valence-electron chi connectivity index (χ1n) is 5.27. The maximum atomic E-state index is 10.8. The van der Waals surface area contributed by atoms with Crippen LogP contribution in [0.4, 0.5) is 5.69 Å². The summed E-state index contributed by atoms with van der Waals surface area (Å²) in [7, 11) is 0. The molecule has 0 amide bonds. The predicted molar refractivity (Wildman–Crippen MR) is 63.7 cm³/mol. The van der Waals surface area contributed by atoms with Crippen LogP contribution in [0.25, 0.3) is 11.1 Å². The number of fused-ring (bicyclic) bond motifs is 1. The number of carboxylic acids is 1. The number of carboxylic acid groups (broad SMARTS) is 1. The Bertz CT molecular complexity index is 572. The molecule has 1 aromatic carbocycles. The minimum absolute atomic E-state index is 0.0419. The Balaban J connectivity index is 2.49. The Labute approximate surface area is 98.2 Å². The number of nitrogens with zero attached hydrogens (tertiary/aromatic N) is 1. The van der Waals surface area contributed by atoms with E-state index >= 15 is 0 Å². The number of carbonyl (C=O) groups is 1. The molecule has 5 nitrogen and oxygen atoms in total. The molecule has 90 valence electrons. The average molecular weight is 234 g/mol. The van der Waals surface area contributed by atoms with Crippen molar-refractivity contribution in [3.05, 3.63) is 24.1 Å². The van der Waals surface area contributed by atoms with E-state index in [2.05, 4.69) is 4.98 Å². The van der Waals surface area contributed by atoms with E-state index in [4.69, 9.17) is 15.3 Å². The van der Waals surface area contributed by atoms with Crippen molar-refractivity contribution in [2.75, 3.05) is 5.73 Å². The van der Waals surface area contributed by atoms with Crippen LogP contribution in [-0.2, 0) is 10.2 Å². The highest BCUT2D eigenvalue weighted by atomic mass is 16.4. The number of aliphatic carboxylic acids is 1. The molecule has 1 heterocycles. The van der Waals surface area contributed by atoms with Gasteiger partial charge in [0.2, 0.25) is 5.89 Å². The maximum Gasteiger partial charge on any atom is 0.304 e. The van der Waals surface area contributed by atoms with E-state index in [0.29, 0.717) is 22.7 Å². The second-order valence-electron chi connectivity index (χ2n) is 4.67. The van der Waals surface area contributed by atoms with Crippen molar-refractivity contribution in [2.45, 2.75) is 25.7 Å². The Morgan fingerprint density at radius 3 is 2.82 bits per heavy atom. The van der Waals surface area contributed by atoms with Gasteiger partial charge in [-0.25, -0.2) is 4.98 Å². The molecule has 0 radical (unpaired) electrons. The Morgan fingerprint density at radius 2 is 2.24 bits per heavy atom. The van der Waals surface area contributed by atoms with E-state index < -0.39 is 11.4 Å². The van der Waals surface area contributed by atoms with Gasteiger partial charge in [-0.1, -0.05) is 19.9 Å². The lowest BCUT2D eigenvalue weighted by Crippen LogP contribution is -2.21. The number of hydrogen-bond donors (Lipinski definition) is 2. The molecule has 0 aliphatic rings. The first-order valence-corrected chi connectivity index (χ1v) is 5.27. The first-order chi connectivity index (χ1) is 7.90. The van der Waals surface area contributed by atoms with Gasteiger partial charge in [0.15, 0.2) is 5.58 Å². The van der Waals surface area contributed by atoms with Gasteiger partial charge >= 0.3 is 5.97 Å². The number of aromatic nitrogens is 1. The second kappa shape index (κ2) is 3.76. The van der Waals surface area contributed by atoms with Crippen LogP contribution >= 0.6 is 0 Å². The van der Waals surface area contributed by atoms with Gasteiger partial charge in [0, 0.05) is 0 Å². The lowest BCUT2D eigenvalue weighted by atomic mass is 9.89. The molecule has 0 unspecified atom stereocenters. The summed E-state index contributed by atoms with van der Waals surface area (Å²) in [6.45, 7) is 3.56. The Morgan fingerprint density at radius 1 is 1.53 bits per heavy atom. The smallest absolute Gasteiger partial charge is 0.304 e. The van der Waals surface area contributed by atoms with Gasteiger partial charge in [0.1, 0.15) is 5.52 Å². The molecular weight excluding hydrogens is 220 g/mol. The summed E-state index contributed by atoms with van der Waals surface area (Å²) in [5.74, 6) is -0.488. The van der Waals surface area contributed by atoms with Gasteiger partial charge in [-0.05, 0) is 12.1 Å². The molecule has 2 rings (SSSR count). The zero-order chi connectivity index (χ0) is 12.6. The van der Waals surface area contributed by atoms with Crippen molar-refractivity contribution in [1.29, 1.82) is 0 Å². The molecule has 0 saturated carbocycles. The average Bonchev–Trinajstić information content (AvgIpc) is 2.61. The second-order valence-corrected chi connectivity index (χ2v) is 4.67. The van der Waals surface area contributed by atoms with Gasteiger partial charge in [0.05, 0.1) is 17.5 Å². The summed E-state index contributed by atoms with van der Waals surface area (Å²) in [6.07, 6.45) is -0.0419. The van der Waals surface area contributed by atoms with Crippen LogP contribution < -0.4 is 5.73 Å². The van der Waals surface area contributed by atoms with E-state index in [1.54, 1.807) is 32.0 Å². The van der Waals surface area contributed by atoms with E-state index in [9.17, 15) is 4.79 Å². The van der Waals surface area contributed by atoms with Crippen molar-refractivity contribution in [3.8, 4) is 0 Å². The molecule has 0 aliphatic carbocycles. The zero-order valence-electron chi connectivity index (χ0n) is 9.73. The molecule has 1 aromatic heterocycles. The Hall–Kier alpha value is -2.04. The van der Waals surface area contributed by atoms with E-state index in [1.165, 1.54) is 0 Å². The molecule has 0 spiro atoms. The fourth-order valence-corrected chi connectivity index (χ4v) is 1.71. The number of para-hydroxylation sites is 1. The third kappa shape index (κ3) is 2.08. The molecule has 17 heavy (non-hydrogen) atoms. The zero-order valence-corrected chi connectivity index (χ0v) is 9.73. The van der Waals surface area contributed by atoms with Gasteiger partial charge in [-0.3, -0.25) is 4.79 Å². The SMILES string of the molecule is CC(C)(CC(=O)O)c1nc2cccc(N)c2o1. The van der Waals surface area contributed by atoms with Gasteiger partial charge in [0.25, 0.3) is 0 Å². The summed E-state index contributed by atoms with van der Waals surface area (Å²) in [6, 6.07) is 5.30. The van der Waals surface area contributed by atoms with Crippen molar-refractivity contribution in [3.63, 3.8) is 0 Å². The fourth-order valence-electron chi connectivity index (χ4n) is 1.71. The number of nitrogens with two attached hydrogens (primary N) is 1. The third-order valence-electron chi connectivity index (χ3n) is 2.62. The quantitative estimate of drug-likeness (QED) is 0.794. The molecule has 5 heteroatoms. The normalized spacial score (nSPS) is 11.9. The summed E-state index contributed by atoms with van der Waals surface area (Å²) >= 11 is 0. The predicted octanol–water partition coefficient (Wildman–Crippen LogP) is 2.16. The molecule has 0 saturated heterocycles. The van der Waals surface area contributed by atoms with Gasteiger partial charge in [-0.15, -0.1) is 0 Å². The topological polar surface area (TPSA) is 89.3 Å². The van der Waals surface area contributed by atoms with Crippen LogP contribution in [0.3, 0.4) is 0 Å². The lowest BCUT2D eigenvalue weighted by molar-refractivity contribution is -0.138. The standard InChI is InChI=1S/C12H14N2O3/c1-12(2,6-9(15)16)11-14-8-5-3-4-7(13)10(8)17-11/h3-5H,6,13H2,1-2H3,(H,15,16). The van der Waals surface area contributed by atoms with E-state index in [1.807, 2.05) is 0 Å². The highest BCUT2D eigenvalue weighted by Gasteiger charge is 2.30. The third-order valence-corrected chi connectivity index (χ3v) is 2.62. The molecule has 3 N–H and O–H groups in total. The summed E-state index contributed by atoms with van der Waals surface area (Å²) < 4.78 is 5.57. The molecule has 0 fully saturated rings. The van der Waals surface area contributed by atoms with Crippen LogP contribution in [0, 0.1) is 0 Å². The Kier molecular flexibility index (Phi) is 2.53. The number of oxazole rings is 1. The van der Waals surface area contributed by atoms with Crippen molar-refractivity contribution >= 4 is 22.8 Å². The molecule has 2 aromatic rings. The van der Waals surface area contributed by atoms with Crippen molar-refractivity contribution in [2.24, 2.45) is 0 Å². The number of hydrogen-bond acceptors (Lipinski definition) is 4. The minimum atomic E-state index is -0.884. The summed E-state index contributed by atoms with van der Waals surface area (Å²) in [5, 5.41) is 8.85. The van der Waals surface area contributed by atoms with Crippen molar-refractivity contribution < 1.29 is 14.3 Å². The van der Waals surface area contributed by atoms with Gasteiger partial charge < -0.3 is 15.3 Å². The summed E-state index contributed by atoms with van der Waals surface area (Å²) in [4.78, 5) is 15.1. The lowest BCUT2D eigenvalue weighted by Gasteiger charge is -2.17. The van der Waals surface area contributed by atoms with E-state index in [-0.39, 0.29) is 6.42 Å². The van der Waals surface area contributed by atoms with Crippen LogP contribution in [-0.4, -0.2) is 16.1 Å². The highest BCUT2D eigenvalue weighted by Crippen LogP contribution is 2.31. The van der Waals surface area contributed by atoms with Gasteiger partial charge in [-0.2, -0.15) is 0 Å². The number of nitrogen functional groups attached to an aromatic ring is 1. The number of anilines is 1. The molecule has 0 atom stereocenters. The largest absolute Gasteiger partial charge is 0.481 e. The van der Waals surface area contributed by atoms with Crippen molar-refractivity contribution in [1.82, 2.24) is 4.98 Å². The minimum Gasteiger partial charge on any atom is -0.481 e. The summed E-state index contributed by atoms with van der Waals surface area (Å²) in [5.41, 5.74) is 6.78. The highest BCUT2D eigenvalue weighted by molar-refractivity contribution is 5.84. The van der Waals surface area contributed by atoms with Crippen LogP contribution in [0.5, 0.6) is 0 Å². The first kappa shape index (κ1) is 11.4. The fraction of sp³-hybridized carbons (Fsp3) is 0.333. The van der Waals surface area contributed by atoms with E-state index in [0.717, 1.165) is 0 Å². The molecule has 0 aliphatic heterocycles. The number of benzene rings is 1. The monoisotopic (exact) mass is 234 g/mol. The maximum absolute atomic E-state index is 10.8. The molecular formula is C12H14N2O3. The van der Waals surface area contributed by atoms with Crippen LogP contribution in [0.15, 0.2) is 22.6 Å².